The number of hydrogen-bond acceptors (Lipinski definition) is 3. The van der Waals surface area contributed by atoms with Gasteiger partial charge in [0.1, 0.15) is 5.76 Å². The van der Waals surface area contributed by atoms with Crippen LogP contribution in [-0.4, -0.2) is 19.0 Å². The number of amides is 1. The van der Waals surface area contributed by atoms with Crippen molar-refractivity contribution < 1.29 is 9.21 Å². The minimum Gasteiger partial charge on any atom is -0.454 e. The van der Waals surface area contributed by atoms with Crippen LogP contribution in [-0.2, 0) is 11.3 Å². The summed E-state index contributed by atoms with van der Waals surface area (Å²) in [5, 5.41) is 5.90. The van der Waals surface area contributed by atoms with E-state index in [0.717, 1.165) is 15.9 Å². The summed E-state index contributed by atoms with van der Waals surface area (Å²) in [4.78, 5) is 11.7. The van der Waals surface area contributed by atoms with Crippen LogP contribution in [0.25, 0.3) is 0 Å². The highest BCUT2D eigenvalue weighted by Crippen LogP contribution is 2.11. The molecule has 0 aliphatic rings. The van der Waals surface area contributed by atoms with Crippen molar-refractivity contribution in [1.29, 1.82) is 0 Å². The third kappa shape index (κ3) is 5.08. The van der Waals surface area contributed by atoms with Gasteiger partial charge in [-0.1, -0.05) is 13.8 Å². The van der Waals surface area contributed by atoms with Gasteiger partial charge < -0.3 is 9.73 Å². The van der Waals surface area contributed by atoms with E-state index in [1.807, 2.05) is 12.1 Å². The Morgan fingerprint density at radius 3 is 2.65 bits per heavy atom. The predicted octanol–water partition coefficient (Wildman–Crippen LogP) is 2.13. The average Bonchev–Trinajstić information content (AvgIpc) is 2.68. The van der Waals surface area contributed by atoms with Crippen LogP contribution in [0.4, 0.5) is 0 Å². The lowest BCUT2D eigenvalue weighted by Gasteiger charge is -2.18. The van der Waals surface area contributed by atoms with Crippen LogP contribution in [0.3, 0.4) is 0 Å². The first kappa shape index (κ1) is 14.5. The molecule has 1 aromatic heterocycles. The molecule has 17 heavy (non-hydrogen) atoms. The lowest BCUT2D eigenvalue weighted by atomic mass is 10.0. The number of likely N-dealkylation sites (N-methyl/N-ethyl adjacent to an activating group) is 1. The number of carbonyl (C=O) groups excluding carboxylic acids is 1. The maximum atomic E-state index is 11.7. The van der Waals surface area contributed by atoms with Gasteiger partial charge in [-0.25, -0.2) is 0 Å². The Labute approximate surface area is 116 Å². The molecule has 0 aliphatic heterocycles. The van der Waals surface area contributed by atoms with Crippen molar-refractivity contribution in [2.24, 2.45) is 5.92 Å². The second kappa shape index (κ2) is 7.00. The first-order chi connectivity index (χ1) is 8.02. The fourth-order valence-corrected chi connectivity index (χ4v) is 2.06. The molecule has 0 aliphatic carbocycles. The van der Waals surface area contributed by atoms with Crippen LogP contribution < -0.4 is 10.6 Å². The number of furan rings is 1. The molecule has 1 aromatic rings. The molecule has 5 heteroatoms. The van der Waals surface area contributed by atoms with Gasteiger partial charge in [-0.15, -0.1) is 0 Å². The minimum absolute atomic E-state index is 0.0277. The Kier molecular flexibility index (Phi) is 5.97. The molecular weight excluding hydrogens is 331 g/mol. The summed E-state index contributed by atoms with van der Waals surface area (Å²) in [6.45, 7) is 4.79. The molecule has 1 amide bonds. The van der Waals surface area contributed by atoms with Gasteiger partial charge in [0.05, 0.1) is 12.6 Å². The number of carbonyl (C=O) groups is 1. The molecule has 0 saturated carbocycles. The van der Waals surface area contributed by atoms with Crippen molar-refractivity contribution in [2.45, 2.75) is 32.9 Å². The summed E-state index contributed by atoms with van der Waals surface area (Å²) in [7, 11) is 1.66. The topological polar surface area (TPSA) is 54.3 Å². The number of nitrogens with one attached hydrogen (secondary N) is 2. The maximum absolute atomic E-state index is 11.7. The van der Waals surface area contributed by atoms with Crippen molar-refractivity contribution >= 4 is 28.5 Å². The van der Waals surface area contributed by atoms with E-state index in [0.29, 0.717) is 12.5 Å². The zero-order valence-electron chi connectivity index (χ0n) is 10.4. The third-order valence-electron chi connectivity index (χ3n) is 2.42. The monoisotopic (exact) mass is 350 g/mol. The van der Waals surface area contributed by atoms with Crippen molar-refractivity contribution in [2.75, 3.05) is 7.05 Å². The second-order valence-electron chi connectivity index (χ2n) is 4.38. The summed E-state index contributed by atoms with van der Waals surface area (Å²) in [6, 6.07) is 3.67. The van der Waals surface area contributed by atoms with Crippen LogP contribution >= 0.6 is 22.6 Å². The Hall–Kier alpha value is -0.560. The van der Waals surface area contributed by atoms with Gasteiger partial charge in [0.2, 0.25) is 5.91 Å². The van der Waals surface area contributed by atoms with E-state index >= 15 is 0 Å². The molecule has 4 nitrogen and oxygen atoms in total. The summed E-state index contributed by atoms with van der Waals surface area (Å²) in [5.41, 5.74) is 0. The zero-order chi connectivity index (χ0) is 12.8. The first-order valence-electron chi connectivity index (χ1n) is 5.72. The molecule has 0 spiro atoms. The minimum atomic E-state index is -0.164. The second-order valence-corrected chi connectivity index (χ2v) is 5.45. The van der Waals surface area contributed by atoms with E-state index in [2.05, 4.69) is 47.1 Å². The summed E-state index contributed by atoms with van der Waals surface area (Å²) in [6.07, 6.45) is 0.817. The van der Waals surface area contributed by atoms with Crippen LogP contribution in [0.15, 0.2) is 16.5 Å². The van der Waals surface area contributed by atoms with Gasteiger partial charge >= 0.3 is 0 Å². The van der Waals surface area contributed by atoms with Gasteiger partial charge in [0.25, 0.3) is 0 Å². The van der Waals surface area contributed by atoms with Gasteiger partial charge in [0, 0.05) is 7.05 Å². The number of halogens is 1. The number of rotatable bonds is 6. The van der Waals surface area contributed by atoms with Crippen LogP contribution in [0.5, 0.6) is 0 Å². The first-order valence-corrected chi connectivity index (χ1v) is 6.80. The highest BCUT2D eigenvalue weighted by atomic mass is 127. The van der Waals surface area contributed by atoms with Crippen LogP contribution in [0, 0.1) is 9.68 Å². The van der Waals surface area contributed by atoms with Gasteiger partial charge in [0.15, 0.2) is 3.77 Å². The largest absolute Gasteiger partial charge is 0.454 e. The molecule has 0 bridgehead atoms. The maximum Gasteiger partial charge on any atom is 0.236 e. The van der Waals surface area contributed by atoms with E-state index in [4.69, 9.17) is 4.42 Å². The SMILES string of the molecule is CNC(=O)C(CC(C)C)NCc1ccc(I)o1. The smallest absolute Gasteiger partial charge is 0.236 e. The van der Waals surface area contributed by atoms with Crippen molar-refractivity contribution in [3.8, 4) is 0 Å². The fourth-order valence-electron chi connectivity index (χ4n) is 1.60. The summed E-state index contributed by atoms with van der Waals surface area (Å²) < 4.78 is 6.31. The summed E-state index contributed by atoms with van der Waals surface area (Å²) >= 11 is 2.12. The van der Waals surface area contributed by atoms with Crippen molar-refractivity contribution in [1.82, 2.24) is 10.6 Å². The Balaban J connectivity index is 2.51. The van der Waals surface area contributed by atoms with E-state index in [1.54, 1.807) is 7.05 Å². The normalized spacial score (nSPS) is 12.8. The molecule has 1 rings (SSSR count). The zero-order valence-corrected chi connectivity index (χ0v) is 12.6. The molecular formula is C12H19IN2O2. The third-order valence-corrected chi connectivity index (χ3v) is 3.00. The molecule has 1 unspecified atom stereocenters. The molecule has 0 radical (unpaired) electrons. The van der Waals surface area contributed by atoms with Crippen LogP contribution in [0.1, 0.15) is 26.0 Å². The highest BCUT2D eigenvalue weighted by molar-refractivity contribution is 14.1. The van der Waals surface area contributed by atoms with Gasteiger partial charge in [-0.3, -0.25) is 10.1 Å². The Morgan fingerprint density at radius 1 is 1.47 bits per heavy atom. The van der Waals surface area contributed by atoms with E-state index in [1.165, 1.54) is 0 Å². The van der Waals surface area contributed by atoms with Gasteiger partial charge in [-0.05, 0) is 47.1 Å². The molecule has 96 valence electrons. The molecule has 0 fully saturated rings. The molecule has 0 aromatic carbocycles. The van der Waals surface area contributed by atoms with Crippen molar-refractivity contribution in [3.05, 3.63) is 21.7 Å². The quantitative estimate of drug-likeness (QED) is 0.773. The Morgan fingerprint density at radius 2 is 2.18 bits per heavy atom. The molecule has 2 N–H and O–H groups in total. The lowest BCUT2D eigenvalue weighted by Crippen LogP contribution is -2.43. The standard InChI is InChI=1S/C12H19IN2O2/c1-8(2)6-10(12(16)14-3)15-7-9-4-5-11(13)17-9/h4-5,8,10,15H,6-7H2,1-3H3,(H,14,16). The van der Waals surface area contributed by atoms with Gasteiger partial charge in [-0.2, -0.15) is 0 Å². The van der Waals surface area contributed by atoms with E-state index in [9.17, 15) is 4.79 Å². The lowest BCUT2D eigenvalue weighted by molar-refractivity contribution is -0.123. The number of hydrogen-bond donors (Lipinski definition) is 2. The van der Waals surface area contributed by atoms with E-state index < -0.39 is 0 Å². The average molecular weight is 350 g/mol. The summed E-state index contributed by atoms with van der Waals surface area (Å²) in [5.74, 6) is 1.36. The van der Waals surface area contributed by atoms with Crippen molar-refractivity contribution in [3.63, 3.8) is 0 Å². The Bertz CT molecular complexity index is 363. The van der Waals surface area contributed by atoms with E-state index in [-0.39, 0.29) is 11.9 Å². The highest BCUT2D eigenvalue weighted by Gasteiger charge is 2.18. The molecule has 0 saturated heterocycles. The molecule has 1 heterocycles. The van der Waals surface area contributed by atoms with Crippen LogP contribution in [0.2, 0.25) is 0 Å². The predicted molar refractivity (Wildman–Crippen MR) is 75.6 cm³/mol. The fraction of sp³-hybridized carbons (Fsp3) is 0.583. The molecule has 1 atom stereocenters.